The zero-order chi connectivity index (χ0) is 19.8. The van der Waals surface area contributed by atoms with Crippen LogP contribution in [0.25, 0.3) is 17.0 Å². The number of fused-ring (bicyclic) bond motifs is 1. The van der Waals surface area contributed by atoms with Gasteiger partial charge in [-0.25, -0.2) is 14.8 Å². The lowest BCUT2D eigenvalue weighted by molar-refractivity contribution is 0.0241. The molecule has 0 spiro atoms. The number of rotatable bonds is 3. The zero-order valence-corrected chi connectivity index (χ0v) is 16.5. The molecule has 3 heterocycles. The summed E-state index contributed by atoms with van der Waals surface area (Å²) in [6.45, 7) is 12.1. The van der Waals surface area contributed by atoms with E-state index in [0.29, 0.717) is 18.9 Å². The first-order valence-electron chi connectivity index (χ1n) is 8.88. The van der Waals surface area contributed by atoms with Crippen LogP contribution in [0.15, 0.2) is 31.0 Å². The molecule has 0 radical (unpaired) electrons. The Morgan fingerprint density at radius 2 is 2.04 bits per heavy atom. The van der Waals surface area contributed by atoms with Crippen molar-refractivity contribution in [1.82, 2.24) is 24.6 Å². The van der Waals surface area contributed by atoms with Crippen LogP contribution in [0.5, 0.6) is 0 Å². The van der Waals surface area contributed by atoms with E-state index in [0.717, 1.165) is 28.2 Å². The highest BCUT2D eigenvalue weighted by atomic mass is 16.6. The second-order valence-corrected chi connectivity index (χ2v) is 7.48. The molecule has 2 aromatic rings. The molecular formula is C20H25N5O2. The van der Waals surface area contributed by atoms with Gasteiger partial charge in [-0.15, -0.1) is 0 Å². The second kappa shape index (κ2) is 6.98. The average molecular weight is 367 g/mol. The summed E-state index contributed by atoms with van der Waals surface area (Å²) in [5.41, 5.74) is 3.50. The predicted octanol–water partition coefficient (Wildman–Crippen LogP) is 3.72. The molecule has 7 heteroatoms. The number of aromatic nitrogens is 4. The van der Waals surface area contributed by atoms with Crippen LogP contribution < -0.4 is 0 Å². The number of allylic oxidation sites excluding steroid dienone is 3. The first-order valence-corrected chi connectivity index (χ1v) is 8.88. The topological polar surface area (TPSA) is 73.1 Å². The minimum absolute atomic E-state index is 0.357. The van der Waals surface area contributed by atoms with E-state index in [9.17, 15) is 4.79 Å². The summed E-state index contributed by atoms with van der Waals surface area (Å²) >= 11 is 0. The van der Waals surface area contributed by atoms with E-state index in [4.69, 9.17) is 9.72 Å². The van der Waals surface area contributed by atoms with Gasteiger partial charge in [-0.2, -0.15) is 5.10 Å². The molecule has 142 valence electrons. The standard InChI is InChI=1S/C20H25N5O2/c1-7-13(8-2)18-21-16-12-25(19(26)27-20(3,4)5)11-14(16)17(22-18)15-9-10-24(6)23-15/h7-10H,1,11-12H2,2-6H3/b13-8+. The van der Waals surface area contributed by atoms with E-state index in [1.807, 2.05) is 53.1 Å². The maximum Gasteiger partial charge on any atom is 0.410 e. The Balaban J connectivity index is 2.04. The van der Waals surface area contributed by atoms with Crippen molar-refractivity contribution in [2.75, 3.05) is 0 Å². The minimum Gasteiger partial charge on any atom is -0.444 e. The van der Waals surface area contributed by atoms with Gasteiger partial charge >= 0.3 is 6.09 Å². The highest BCUT2D eigenvalue weighted by Gasteiger charge is 2.32. The number of nitrogens with zero attached hydrogens (tertiary/aromatic N) is 5. The van der Waals surface area contributed by atoms with Crippen LogP contribution in [0.4, 0.5) is 4.79 Å². The van der Waals surface area contributed by atoms with Crippen LogP contribution in [0, 0.1) is 0 Å². The van der Waals surface area contributed by atoms with Crippen molar-refractivity contribution >= 4 is 11.7 Å². The maximum absolute atomic E-state index is 12.5. The summed E-state index contributed by atoms with van der Waals surface area (Å²) in [6.07, 6.45) is 5.15. The normalized spacial score (nSPS) is 14.3. The monoisotopic (exact) mass is 367 g/mol. The molecule has 1 aliphatic rings. The summed E-state index contributed by atoms with van der Waals surface area (Å²) in [4.78, 5) is 23.6. The summed E-state index contributed by atoms with van der Waals surface area (Å²) in [6, 6.07) is 1.91. The van der Waals surface area contributed by atoms with E-state index >= 15 is 0 Å². The number of hydrogen-bond donors (Lipinski definition) is 0. The lowest BCUT2D eigenvalue weighted by atomic mass is 10.1. The summed E-state index contributed by atoms with van der Waals surface area (Å²) < 4.78 is 7.24. The summed E-state index contributed by atoms with van der Waals surface area (Å²) in [5.74, 6) is 0.581. The van der Waals surface area contributed by atoms with Gasteiger partial charge in [0.05, 0.1) is 24.5 Å². The molecule has 0 bridgehead atoms. The Kier molecular flexibility index (Phi) is 4.87. The van der Waals surface area contributed by atoms with Gasteiger partial charge in [0.1, 0.15) is 11.3 Å². The Hall–Kier alpha value is -2.96. The first kappa shape index (κ1) is 18.8. The average Bonchev–Trinajstić information content (AvgIpc) is 3.20. The second-order valence-electron chi connectivity index (χ2n) is 7.48. The molecule has 0 saturated carbocycles. The summed E-state index contributed by atoms with van der Waals surface area (Å²) in [7, 11) is 1.86. The van der Waals surface area contributed by atoms with Crippen LogP contribution in [0.2, 0.25) is 0 Å². The molecule has 2 aromatic heterocycles. The number of carbonyl (C=O) groups is 1. The number of amides is 1. The Morgan fingerprint density at radius 3 is 2.59 bits per heavy atom. The molecule has 27 heavy (non-hydrogen) atoms. The van der Waals surface area contributed by atoms with E-state index in [1.165, 1.54) is 0 Å². The largest absolute Gasteiger partial charge is 0.444 e. The molecule has 0 fully saturated rings. The lowest BCUT2D eigenvalue weighted by Crippen LogP contribution is -2.33. The van der Waals surface area contributed by atoms with Crippen LogP contribution >= 0.6 is 0 Å². The van der Waals surface area contributed by atoms with E-state index < -0.39 is 5.60 Å². The Morgan fingerprint density at radius 1 is 1.30 bits per heavy atom. The summed E-state index contributed by atoms with van der Waals surface area (Å²) in [5, 5.41) is 4.49. The maximum atomic E-state index is 12.5. The molecule has 0 unspecified atom stereocenters. The number of aryl methyl sites for hydroxylation is 1. The molecular weight excluding hydrogens is 342 g/mol. The quantitative estimate of drug-likeness (QED) is 0.773. The van der Waals surface area contributed by atoms with E-state index in [-0.39, 0.29) is 6.09 Å². The molecule has 0 atom stereocenters. The van der Waals surface area contributed by atoms with Gasteiger partial charge in [0.25, 0.3) is 0 Å². The van der Waals surface area contributed by atoms with Crippen molar-refractivity contribution in [2.45, 2.75) is 46.4 Å². The fourth-order valence-corrected chi connectivity index (χ4v) is 2.93. The van der Waals surface area contributed by atoms with Gasteiger partial charge < -0.3 is 4.74 Å². The highest BCUT2D eigenvalue weighted by molar-refractivity contribution is 5.74. The van der Waals surface area contributed by atoms with Crippen molar-refractivity contribution in [3.8, 4) is 11.4 Å². The number of hydrogen-bond acceptors (Lipinski definition) is 5. The van der Waals surface area contributed by atoms with Crippen molar-refractivity contribution in [3.05, 3.63) is 48.1 Å². The SMILES string of the molecule is C=C/C(=C\C)c1nc2c(c(-c3ccn(C)n3)n1)CN(C(=O)OC(C)(C)C)C2. The van der Waals surface area contributed by atoms with Crippen LogP contribution in [-0.2, 0) is 24.9 Å². The van der Waals surface area contributed by atoms with Crippen LogP contribution in [0.3, 0.4) is 0 Å². The minimum atomic E-state index is -0.548. The Bertz CT molecular complexity index is 921. The third-order valence-electron chi connectivity index (χ3n) is 4.18. The van der Waals surface area contributed by atoms with E-state index in [2.05, 4.69) is 16.7 Å². The van der Waals surface area contributed by atoms with E-state index in [1.54, 1.807) is 15.7 Å². The molecule has 0 saturated heterocycles. The zero-order valence-electron chi connectivity index (χ0n) is 16.5. The fourth-order valence-electron chi connectivity index (χ4n) is 2.93. The molecule has 0 N–H and O–H groups in total. The Labute approximate surface area is 159 Å². The van der Waals surface area contributed by atoms with Crippen molar-refractivity contribution in [3.63, 3.8) is 0 Å². The number of ether oxygens (including phenoxy) is 1. The fraction of sp³-hybridized carbons (Fsp3) is 0.400. The molecule has 0 aliphatic carbocycles. The predicted molar refractivity (Wildman–Crippen MR) is 104 cm³/mol. The molecule has 3 rings (SSSR count). The van der Waals surface area contributed by atoms with Gasteiger partial charge in [-0.3, -0.25) is 9.58 Å². The smallest absolute Gasteiger partial charge is 0.410 e. The van der Waals surface area contributed by atoms with Gasteiger partial charge in [0, 0.05) is 24.4 Å². The molecule has 1 amide bonds. The third kappa shape index (κ3) is 3.92. The number of carbonyl (C=O) groups excluding carboxylic acids is 1. The molecule has 7 nitrogen and oxygen atoms in total. The molecule has 0 aromatic carbocycles. The van der Waals surface area contributed by atoms with Crippen molar-refractivity contribution < 1.29 is 9.53 Å². The van der Waals surface area contributed by atoms with Gasteiger partial charge in [0.2, 0.25) is 0 Å². The van der Waals surface area contributed by atoms with Crippen LogP contribution in [-0.4, -0.2) is 36.3 Å². The third-order valence-corrected chi connectivity index (χ3v) is 4.18. The first-order chi connectivity index (χ1) is 12.7. The van der Waals surface area contributed by atoms with Crippen LogP contribution in [0.1, 0.15) is 44.8 Å². The van der Waals surface area contributed by atoms with Crippen molar-refractivity contribution in [2.24, 2.45) is 7.05 Å². The van der Waals surface area contributed by atoms with Gasteiger partial charge in [-0.05, 0) is 33.8 Å². The lowest BCUT2D eigenvalue weighted by Gasteiger charge is -2.24. The van der Waals surface area contributed by atoms with Crippen molar-refractivity contribution in [1.29, 1.82) is 0 Å². The molecule has 1 aliphatic heterocycles. The van der Waals surface area contributed by atoms with Gasteiger partial charge in [0.15, 0.2) is 5.82 Å². The van der Waals surface area contributed by atoms with Gasteiger partial charge in [-0.1, -0.05) is 18.7 Å². The highest BCUT2D eigenvalue weighted by Crippen LogP contribution is 2.32.